The molecule has 0 aromatic heterocycles. The highest BCUT2D eigenvalue weighted by atomic mass is 19.1. The van der Waals surface area contributed by atoms with E-state index < -0.39 is 0 Å². The van der Waals surface area contributed by atoms with E-state index in [-0.39, 0.29) is 17.6 Å². The predicted molar refractivity (Wildman–Crippen MR) is 65.6 cm³/mol. The van der Waals surface area contributed by atoms with Gasteiger partial charge in [-0.05, 0) is 56.6 Å². The van der Waals surface area contributed by atoms with Crippen LogP contribution in [0.5, 0.6) is 0 Å². The van der Waals surface area contributed by atoms with Crippen LogP contribution in [-0.2, 0) is 0 Å². The van der Waals surface area contributed by atoms with Crippen molar-refractivity contribution < 1.29 is 9.18 Å². The van der Waals surface area contributed by atoms with Gasteiger partial charge >= 0.3 is 0 Å². The molecule has 3 heteroatoms. The molecule has 0 spiro atoms. The van der Waals surface area contributed by atoms with Crippen LogP contribution < -0.4 is 0 Å². The van der Waals surface area contributed by atoms with E-state index in [2.05, 4.69) is 4.90 Å². The van der Waals surface area contributed by atoms with Gasteiger partial charge in [0.2, 0.25) is 0 Å². The minimum Gasteiger partial charge on any atom is -0.293 e. The SMILES string of the molecule is CCC(C(=O)c1ccc(F)cc1)N1CCCC1. The maximum atomic E-state index is 12.8. The molecule has 0 saturated carbocycles. The van der Waals surface area contributed by atoms with Crippen LogP contribution in [0.15, 0.2) is 24.3 Å². The highest BCUT2D eigenvalue weighted by Gasteiger charge is 2.27. The molecule has 1 aliphatic heterocycles. The van der Waals surface area contributed by atoms with E-state index in [1.54, 1.807) is 12.1 Å². The summed E-state index contributed by atoms with van der Waals surface area (Å²) in [6.45, 7) is 4.04. The number of hydrogen-bond acceptors (Lipinski definition) is 2. The lowest BCUT2D eigenvalue weighted by atomic mass is 10.0. The lowest BCUT2D eigenvalue weighted by molar-refractivity contribution is 0.0844. The van der Waals surface area contributed by atoms with E-state index in [0.29, 0.717) is 5.56 Å². The number of hydrogen-bond donors (Lipinski definition) is 0. The molecule has 92 valence electrons. The van der Waals surface area contributed by atoms with Crippen LogP contribution in [0.1, 0.15) is 36.5 Å². The van der Waals surface area contributed by atoms with Crippen molar-refractivity contribution in [1.29, 1.82) is 0 Å². The molecule has 0 radical (unpaired) electrons. The number of halogens is 1. The third kappa shape index (κ3) is 2.72. The van der Waals surface area contributed by atoms with Gasteiger partial charge in [0.1, 0.15) is 5.82 Å². The summed E-state index contributed by atoms with van der Waals surface area (Å²) in [7, 11) is 0. The number of benzene rings is 1. The number of nitrogens with zero attached hydrogens (tertiary/aromatic N) is 1. The molecule has 0 N–H and O–H groups in total. The van der Waals surface area contributed by atoms with E-state index in [1.807, 2.05) is 6.92 Å². The van der Waals surface area contributed by atoms with Gasteiger partial charge in [-0.25, -0.2) is 4.39 Å². The third-order valence-corrected chi connectivity index (χ3v) is 3.40. The molecule has 1 aromatic carbocycles. The number of ketones is 1. The zero-order valence-corrected chi connectivity index (χ0v) is 10.2. The molecule has 1 unspecified atom stereocenters. The second-order valence-electron chi connectivity index (χ2n) is 4.54. The van der Waals surface area contributed by atoms with E-state index >= 15 is 0 Å². The molecule has 0 bridgehead atoms. The van der Waals surface area contributed by atoms with Crippen molar-refractivity contribution >= 4 is 5.78 Å². The molecule has 1 aliphatic rings. The lowest BCUT2D eigenvalue weighted by Gasteiger charge is -2.25. The maximum absolute atomic E-state index is 12.8. The normalized spacial score (nSPS) is 18.2. The average Bonchev–Trinajstić information content (AvgIpc) is 2.84. The third-order valence-electron chi connectivity index (χ3n) is 3.40. The van der Waals surface area contributed by atoms with Crippen LogP contribution in [0.25, 0.3) is 0 Å². The molecular formula is C14H18FNO. The Morgan fingerprint density at radius 1 is 1.29 bits per heavy atom. The molecule has 2 nitrogen and oxygen atoms in total. The van der Waals surface area contributed by atoms with Gasteiger partial charge in [0.05, 0.1) is 6.04 Å². The Morgan fingerprint density at radius 3 is 2.41 bits per heavy atom. The van der Waals surface area contributed by atoms with Crippen molar-refractivity contribution in [2.24, 2.45) is 0 Å². The Balaban J connectivity index is 2.13. The summed E-state index contributed by atoms with van der Waals surface area (Å²) in [6.07, 6.45) is 3.16. The Bertz CT molecular complexity index is 382. The minimum atomic E-state index is -0.296. The number of carbonyl (C=O) groups excluding carboxylic acids is 1. The molecule has 1 saturated heterocycles. The maximum Gasteiger partial charge on any atom is 0.179 e. The quantitative estimate of drug-likeness (QED) is 0.748. The smallest absolute Gasteiger partial charge is 0.179 e. The molecule has 0 amide bonds. The molecule has 1 fully saturated rings. The summed E-state index contributed by atoms with van der Waals surface area (Å²) in [4.78, 5) is 14.6. The van der Waals surface area contributed by atoms with Gasteiger partial charge in [-0.3, -0.25) is 9.69 Å². The highest BCUT2D eigenvalue weighted by molar-refractivity contribution is 6.00. The second-order valence-corrected chi connectivity index (χ2v) is 4.54. The van der Waals surface area contributed by atoms with Crippen LogP contribution in [-0.4, -0.2) is 29.8 Å². The Kier molecular flexibility index (Phi) is 3.89. The molecule has 1 heterocycles. The van der Waals surface area contributed by atoms with Gasteiger partial charge in [0.25, 0.3) is 0 Å². The van der Waals surface area contributed by atoms with Crippen molar-refractivity contribution in [1.82, 2.24) is 4.90 Å². The first-order valence-electron chi connectivity index (χ1n) is 6.26. The zero-order chi connectivity index (χ0) is 12.3. The van der Waals surface area contributed by atoms with Gasteiger partial charge in [0, 0.05) is 5.56 Å². The Hall–Kier alpha value is -1.22. The highest BCUT2D eigenvalue weighted by Crippen LogP contribution is 2.18. The van der Waals surface area contributed by atoms with Crippen LogP contribution in [0.4, 0.5) is 4.39 Å². The number of carbonyl (C=O) groups is 1. The van der Waals surface area contributed by atoms with Crippen molar-refractivity contribution in [2.75, 3.05) is 13.1 Å². The monoisotopic (exact) mass is 235 g/mol. The van der Waals surface area contributed by atoms with Crippen LogP contribution in [0.3, 0.4) is 0 Å². The summed E-state index contributed by atoms with van der Waals surface area (Å²) >= 11 is 0. The summed E-state index contributed by atoms with van der Waals surface area (Å²) in [5.74, 6) is -0.176. The van der Waals surface area contributed by atoms with Gasteiger partial charge in [-0.1, -0.05) is 6.92 Å². The number of likely N-dealkylation sites (tertiary alicyclic amines) is 1. The van der Waals surface area contributed by atoms with Crippen LogP contribution in [0, 0.1) is 5.82 Å². The summed E-state index contributed by atoms with van der Waals surface area (Å²) in [6, 6.07) is 5.82. The Morgan fingerprint density at radius 2 is 1.88 bits per heavy atom. The Labute approximate surface area is 101 Å². The van der Waals surface area contributed by atoms with Gasteiger partial charge in [0.15, 0.2) is 5.78 Å². The minimum absolute atomic E-state index is 0.0389. The fourth-order valence-electron chi connectivity index (χ4n) is 2.47. The second kappa shape index (κ2) is 5.41. The predicted octanol–water partition coefficient (Wildman–Crippen LogP) is 2.88. The first-order chi connectivity index (χ1) is 8.22. The molecule has 1 atom stereocenters. The number of rotatable bonds is 4. The van der Waals surface area contributed by atoms with E-state index in [0.717, 1.165) is 19.5 Å². The van der Waals surface area contributed by atoms with Crippen molar-refractivity contribution in [3.05, 3.63) is 35.6 Å². The summed E-state index contributed by atoms with van der Waals surface area (Å²) < 4.78 is 12.8. The first kappa shape index (κ1) is 12.2. The summed E-state index contributed by atoms with van der Waals surface area (Å²) in [5, 5.41) is 0. The average molecular weight is 235 g/mol. The fraction of sp³-hybridized carbons (Fsp3) is 0.500. The molecular weight excluding hydrogens is 217 g/mol. The summed E-state index contributed by atoms with van der Waals surface area (Å²) in [5.41, 5.74) is 0.616. The molecule has 1 aromatic rings. The molecule has 2 rings (SSSR count). The van der Waals surface area contributed by atoms with Gasteiger partial charge in [-0.15, -0.1) is 0 Å². The fourth-order valence-corrected chi connectivity index (χ4v) is 2.47. The first-order valence-corrected chi connectivity index (χ1v) is 6.26. The van der Waals surface area contributed by atoms with Crippen molar-refractivity contribution in [3.63, 3.8) is 0 Å². The van der Waals surface area contributed by atoms with Crippen molar-refractivity contribution in [3.8, 4) is 0 Å². The molecule has 17 heavy (non-hydrogen) atoms. The van der Waals surface area contributed by atoms with E-state index in [1.165, 1.54) is 25.0 Å². The van der Waals surface area contributed by atoms with Gasteiger partial charge < -0.3 is 0 Å². The van der Waals surface area contributed by atoms with E-state index in [9.17, 15) is 9.18 Å². The number of Topliss-reactive ketones (excluding diaryl/α,β-unsaturated/α-hetero) is 1. The molecule has 0 aliphatic carbocycles. The van der Waals surface area contributed by atoms with Crippen molar-refractivity contribution in [2.45, 2.75) is 32.2 Å². The lowest BCUT2D eigenvalue weighted by Crippen LogP contribution is -2.38. The topological polar surface area (TPSA) is 20.3 Å². The van der Waals surface area contributed by atoms with Crippen LogP contribution in [0.2, 0.25) is 0 Å². The van der Waals surface area contributed by atoms with Gasteiger partial charge in [-0.2, -0.15) is 0 Å². The zero-order valence-electron chi connectivity index (χ0n) is 10.2. The largest absolute Gasteiger partial charge is 0.293 e. The van der Waals surface area contributed by atoms with E-state index in [4.69, 9.17) is 0 Å². The standard InChI is InChI=1S/C14H18FNO/c1-2-13(16-9-3-4-10-16)14(17)11-5-7-12(15)8-6-11/h5-8,13H,2-4,9-10H2,1H3. The van der Waals surface area contributed by atoms with Crippen LogP contribution >= 0.6 is 0 Å².